The van der Waals surface area contributed by atoms with Crippen LogP contribution in [0.5, 0.6) is 0 Å². The van der Waals surface area contributed by atoms with Crippen LogP contribution in [0, 0.1) is 0 Å². The van der Waals surface area contributed by atoms with Crippen molar-refractivity contribution in [3.05, 3.63) is 64.0 Å². The lowest BCUT2D eigenvalue weighted by molar-refractivity contribution is -0.124. The van der Waals surface area contributed by atoms with Crippen molar-refractivity contribution in [2.45, 2.75) is 0 Å². The molecule has 0 saturated heterocycles. The van der Waals surface area contributed by atoms with Gasteiger partial charge in [0.25, 0.3) is 11.8 Å². The first kappa shape index (κ1) is 16.7. The molecule has 0 aliphatic rings. The van der Waals surface area contributed by atoms with E-state index in [9.17, 15) is 9.59 Å². The average molecular weight is 378 g/mol. The van der Waals surface area contributed by atoms with E-state index in [-0.39, 0.29) is 5.91 Å². The molecular weight excluding hydrogens is 366 g/mol. The Morgan fingerprint density at radius 1 is 1.17 bits per heavy atom. The van der Waals surface area contributed by atoms with Crippen molar-refractivity contribution in [2.75, 3.05) is 0 Å². The third-order valence-electron chi connectivity index (χ3n) is 2.66. The van der Waals surface area contributed by atoms with Crippen LogP contribution in [0.3, 0.4) is 0 Å². The number of amides is 2. The summed E-state index contributed by atoms with van der Waals surface area (Å²) >= 11 is 3.16. The molecule has 0 saturated carbocycles. The van der Waals surface area contributed by atoms with Gasteiger partial charge in [0, 0.05) is 11.6 Å². The highest BCUT2D eigenvalue weighted by Crippen LogP contribution is 2.12. The maximum Gasteiger partial charge on any atom is 0.271 e. The zero-order valence-electron chi connectivity index (χ0n) is 11.7. The van der Waals surface area contributed by atoms with Gasteiger partial charge >= 0.3 is 0 Å². The Morgan fingerprint density at radius 3 is 2.52 bits per heavy atom. The van der Waals surface area contributed by atoms with Crippen LogP contribution < -0.4 is 10.9 Å². The summed E-state index contributed by atoms with van der Waals surface area (Å²) < 4.78 is 5.77. The van der Waals surface area contributed by atoms with Gasteiger partial charge in [0.05, 0.1) is 6.21 Å². The predicted octanol–water partition coefficient (Wildman–Crippen LogP) is 2.32. The molecule has 0 bridgehead atoms. The van der Waals surface area contributed by atoms with Crippen LogP contribution in [-0.4, -0.2) is 23.2 Å². The first-order chi connectivity index (χ1) is 11.1. The highest BCUT2D eigenvalue weighted by atomic mass is 79.9. The zero-order chi connectivity index (χ0) is 16.7. The highest BCUT2D eigenvalue weighted by Gasteiger charge is 2.03. The van der Waals surface area contributed by atoms with Crippen molar-refractivity contribution in [2.24, 2.45) is 5.10 Å². The standard InChI is InChI=1S/C15H12BrN3O4/c16-13-7-6-12(23-13)9-17-18-15(21)11-4-1-10(2-5-11)3-8-14(20)19-22/h1-9,22H,(H,18,21)(H,19,20)/b8-3+,17-9+. The summed E-state index contributed by atoms with van der Waals surface area (Å²) in [5, 5.41) is 12.2. The second-order valence-electron chi connectivity index (χ2n) is 4.27. The fourth-order valence-corrected chi connectivity index (χ4v) is 1.89. The second kappa shape index (κ2) is 8.06. The van der Waals surface area contributed by atoms with E-state index < -0.39 is 5.91 Å². The molecule has 7 nitrogen and oxygen atoms in total. The van der Waals surface area contributed by atoms with Gasteiger partial charge in [-0.3, -0.25) is 14.8 Å². The van der Waals surface area contributed by atoms with Crippen molar-refractivity contribution in [3.63, 3.8) is 0 Å². The summed E-state index contributed by atoms with van der Waals surface area (Å²) in [4.78, 5) is 22.7. The van der Waals surface area contributed by atoms with Crippen LogP contribution in [-0.2, 0) is 4.79 Å². The number of halogens is 1. The largest absolute Gasteiger partial charge is 0.448 e. The van der Waals surface area contributed by atoms with Crippen LogP contribution in [0.1, 0.15) is 21.7 Å². The lowest BCUT2D eigenvalue weighted by Gasteiger charge is -2.00. The lowest BCUT2D eigenvalue weighted by Crippen LogP contribution is -2.17. The van der Waals surface area contributed by atoms with Crippen molar-refractivity contribution < 1.29 is 19.2 Å². The Labute approximate surface area is 139 Å². The summed E-state index contributed by atoms with van der Waals surface area (Å²) in [5.74, 6) is -0.513. The molecule has 8 heteroatoms. The number of benzene rings is 1. The summed E-state index contributed by atoms with van der Waals surface area (Å²) in [6.07, 6.45) is 4.05. The van der Waals surface area contributed by atoms with E-state index >= 15 is 0 Å². The molecule has 2 rings (SSSR count). The molecule has 1 aromatic carbocycles. The van der Waals surface area contributed by atoms with Crippen LogP contribution in [0.15, 0.2) is 56.7 Å². The molecule has 0 spiro atoms. The van der Waals surface area contributed by atoms with Crippen LogP contribution in [0.4, 0.5) is 0 Å². The number of nitrogens with one attached hydrogen (secondary N) is 2. The summed E-state index contributed by atoms with van der Waals surface area (Å²) in [6.45, 7) is 0. The molecule has 0 aliphatic heterocycles. The zero-order valence-corrected chi connectivity index (χ0v) is 13.3. The molecule has 0 radical (unpaired) electrons. The quantitative estimate of drug-likeness (QED) is 0.322. The Balaban J connectivity index is 1.93. The fourth-order valence-electron chi connectivity index (χ4n) is 1.57. The molecule has 2 aromatic rings. The van der Waals surface area contributed by atoms with E-state index in [1.807, 2.05) is 0 Å². The first-order valence-electron chi connectivity index (χ1n) is 6.39. The lowest BCUT2D eigenvalue weighted by atomic mass is 10.1. The second-order valence-corrected chi connectivity index (χ2v) is 5.05. The van der Waals surface area contributed by atoms with Crippen LogP contribution >= 0.6 is 15.9 Å². The van der Waals surface area contributed by atoms with Crippen molar-refractivity contribution in [1.29, 1.82) is 0 Å². The van der Waals surface area contributed by atoms with Gasteiger partial charge in [-0.1, -0.05) is 12.1 Å². The number of carbonyl (C=O) groups is 2. The molecule has 0 fully saturated rings. The monoisotopic (exact) mass is 377 g/mol. The number of carbonyl (C=O) groups excluding carboxylic acids is 2. The fraction of sp³-hybridized carbons (Fsp3) is 0. The van der Waals surface area contributed by atoms with Crippen molar-refractivity contribution >= 4 is 40.0 Å². The predicted molar refractivity (Wildman–Crippen MR) is 86.9 cm³/mol. The van der Waals surface area contributed by atoms with Gasteiger partial charge in [0.1, 0.15) is 5.76 Å². The minimum absolute atomic E-state index is 0.379. The molecule has 0 atom stereocenters. The summed E-state index contributed by atoms with van der Waals surface area (Å²) in [7, 11) is 0. The van der Waals surface area contributed by atoms with E-state index in [0.717, 1.165) is 0 Å². The van der Waals surface area contributed by atoms with E-state index in [1.54, 1.807) is 36.4 Å². The molecule has 1 aromatic heterocycles. The summed E-state index contributed by atoms with van der Waals surface area (Å²) in [5.41, 5.74) is 4.97. The average Bonchev–Trinajstić information content (AvgIpc) is 2.98. The molecule has 0 aliphatic carbocycles. The molecular formula is C15H12BrN3O4. The number of hydrogen-bond donors (Lipinski definition) is 3. The van der Waals surface area contributed by atoms with Gasteiger partial charge in [0.2, 0.25) is 0 Å². The van der Waals surface area contributed by atoms with Gasteiger partial charge in [0.15, 0.2) is 4.67 Å². The number of hydrazone groups is 1. The Kier molecular flexibility index (Phi) is 5.84. The van der Waals surface area contributed by atoms with E-state index in [1.165, 1.54) is 23.8 Å². The Hall–Kier alpha value is -2.71. The Bertz CT molecular complexity index is 750. The van der Waals surface area contributed by atoms with Gasteiger partial charge in [-0.2, -0.15) is 5.10 Å². The molecule has 23 heavy (non-hydrogen) atoms. The highest BCUT2D eigenvalue weighted by molar-refractivity contribution is 9.10. The smallest absolute Gasteiger partial charge is 0.271 e. The number of nitrogens with zero attached hydrogens (tertiary/aromatic N) is 1. The van der Waals surface area contributed by atoms with Gasteiger partial charge < -0.3 is 4.42 Å². The maximum atomic E-state index is 11.9. The summed E-state index contributed by atoms with van der Waals surface area (Å²) in [6, 6.07) is 9.90. The molecule has 1 heterocycles. The minimum Gasteiger partial charge on any atom is -0.448 e. The molecule has 2 amide bonds. The maximum absolute atomic E-state index is 11.9. The van der Waals surface area contributed by atoms with Crippen molar-refractivity contribution in [1.82, 2.24) is 10.9 Å². The van der Waals surface area contributed by atoms with E-state index in [0.29, 0.717) is 21.6 Å². The number of rotatable bonds is 5. The Morgan fingerprint density at radius 2 is 1.91 bits per heavy atom. The topological polar surface area (TPSA) is 104 Å². The normalized spacial score (nSPS) is 11.0. The first-order valence-corrected chi connectivity index (χ1v) is 7.19. The van der Waals surface area contributed by atoms with Crippen LogP contribution in [0.25, 0.3) is 6.08 Å². The van der Waals surface area contributed by atoms with E-state index in [2.05, 4.69) is 26.5 Å². The molecule has 118 valence electrons. The number of furan rings is 1. The SMILES string of the molecule is O=C(/C=C/c1ccc(C(=O)N/N=C/c2ccc(Br)o2)cc1)NO. The number of hydroxylamine groups is 1. The molecule has 0 unspecified atom stereocenters. The number of hydrogen-bond acceptors (Lipinski definition) is 5. The third-order valence-corrected chi connectivity index (χ3v) is 3.09. The third kappa shape index (κ3) is 5.20. The van der Waals surface area contributed by atoms with Gasteiger partial charge in [-0.05, 0) is 51.8 Å². The van der Waals surface area contributed by atoms with Gasteiger partial charge in [-0.25, -0.2) is 10.9 Å². The molecule has 3 N–H and O–H groups in total. The van der Waals surface area contributed by atoms with Crippen molar-refractivity contribution in [3.8, 4) is 0 Å². The van der Waals surface area contributed by atoms with E-state index in [4.69, 9.17) is 9.62 Å². The minimum atomic E-state index is -0.634. The van der Waals surface area contributed by atoms with Crippen LogP contribution in [0.2, 0.25) is 0 Å². The van der Waals surface area contributed by atoms with Gasteiger partial charge in [-0.15, -0.1) is 0 Å².